The van der Waals surface area contributed by atoms with Crippen LogP contribution in [0.4, 0.5) is 4.39 Å². The summed E-state index contributed by atoms with van der Waals surface area (Å²) in [6, 6.07) is 6.67. The molecule has 1 saturated carbocycles. The number of rotatable bonds is 2. The van der Waals surface area contributed by atoms with Gasteiger partial charge in [-0.3, -0.25) is 0 Å². The molecule has 1 heterocycles. The smallest absolute Gasteiger partial charge is 0.165 e. The zero-order valence-electron chi connectivity index (χ0n) is 9.16. The first kappa shape index (κ1) is 10.1. The highest BCUT2D eigenvalue weighted by Gasteiger charge is 2.38. The quantitative estimate of drug-likeness (QED) is 0.826. The van der Waals surface area contributed by atoms with E-state index < -0.39 is 0 Å². The molecule has 0 spiro atoms. The minimum Gasteiger partial charge on any atom is -0.487 e. The molecule has 0 radical (unpaired) electrons. The van der Waals surface area contributed by atoms with Gasteiger partial charge in [0.2, 0.25) is 0 Å². The van der Waals surface area contributed by atoms with Gasteiger partial charge in [-0.1, -0.05) is 12.1 Å². The molecule has 2 fully saturated rings. The number of fused-ring (bicyclic) bond motifs is 1. The molecule has 86 valence electrons. The molecule has 1 aliphatic carbocycles. The van der Waals surface area contributed by atoms with Crippen molar-refractivity contribution in [2.45, 2.75) is 18.9 Å². The van der Waals surface area contributed by atoms with Crippen LogP contribution in [-0.4, -0.2) is 19.2 Å². The molecule has 0 amide bonds. The molecule has 3 rings (SSSR count). The van der Waals surface area contributed by atoms with E-state index in [0.717, 1.165) is 37.8 Å². The SMILES string of the molecule is Fc1ccccc1O[C@H]1C[C@H]2CNC[C@H]2C1. The Balaban J connectivity index is 1.66. The van der Waals surface area contributed by atoms with Gasteiger partial charge in [0.25, 0.3) is 0 Å². The molecule has 0 bridgehead atoms. The molecule has 3 atom stereocenters. The van der Waals surface area contributed by atoms with Crippen LogP contribution in [0.5, 0.6) is 5.75 Å². The summed E-state index contributed by atoms with van der Waals surface area (Å²) in [4.78, 5) is 0. The summed E-state index contributed by atoms with van der Waals surface area (Å²) in [5.74, 6) is 1.62. The highest BCUT2D eigenvalue weighted by molar-refractivity contribution is 5.24. The molecular weight excluding hydrogens is 205 g/mol. The molecule has 1 aliphatic heterocycles. The number of hydrogen-bond acceptors (Lipinski definition) is 2. The molecule has 1 saturated heterocycles. The zero-order chi connectivity index (χ0) is 11.0. The van der Waals surface area contributed by atoms with Crippen molar-refractivity contribution in [1.29, 1.82) is 0 Å². The van der Waals surface area contributed by atoms with Crippen molar-refractivity contribution in [2.75, 3.05) is 13.1 Å². The van der Waals surface area contributed by atoms with Crippen molar-refractivity contribution in [1.82, 2.24) is 5.32 Å². The van der Waals surface area contributed by atoms with E-state index in [1.54, 1.807) is 12.1 Å². The van der Waals surface area contributed by atoms with Gasteiger partial charge in [0.05, 0.1) is 6.10 Å². The fourth-order valence-electron chi connectivity index (χ4n) is 2.93. The lowest BCUT2D eigenvalue weighted by Gasteiger charge is -2.15. The highest BCUT2D eigenvalue weighted by Crippen LogP contribution is 2.36. The fourth-order valence-corrected chi connectivity index (χ4v) is 2.93. The van der Waals surface area contributed by atoms with Crippen LogP contribution < -0.4 is 10.1 Å². The summed E-state index contributed by atoms with van der Waals surface area (Å²) >= 11 is 0. The average molecular weight is 221 g/mol. The Labute approximate surface area is 94.8 Å². The maximum Gasteiger partial charge on any atom is 0.165 e. The fraction of sp³-hybridized carbons (Fsp3) is 0.538. The first-order valence-electron chi connectivity index (χ1n) is 5.95. The maximum absolute atomic E-state index is 13.4. The first-order valence-corrected chi connectivity index (χ1v) is 5.95. The first-order chi connectivity index (χ1) is 7.83. The average Bonchev–Trinajstić information content (AvgIpc) is 2.81. The van der Waals surface area contributed by atoms with Crippen LogP contribution in [0, 0.1) is 17.7 Å². The molecule has 2 aliphatic rings. The summed E-state index contributed by atoms with van der Waals surface area (Å²) in [7, 11) is 0. The monoisotopic (exact) mass is 221 g/mol. The number of benzene rings is 1. The zero-order valence-corrected chi connectivity index (χ0v) is 9.16. The van der Waals surface area contributed by atoms with Crippen molar-refractivity contribution in [3.05, 3.63) is 30.1 Å². The van der Waals surface area contributed by atoms with Gasteiger partial charge in [0, 0.05) is 0 Å². The van der Waals surface area contributed by atoms with Crippen molar-refractivity contribution in [3.8, 4) is 5.75 Å². The second-order valence-electron chi connectivity index (χ2n) is 4.82. The Kier molecular flexibility index (Phi) is 2.56. The van der Waals surface area contributed by atoms with Gasteiger partial charge in [0.1, 0.15) is 0 Å². The van der Waals surface area contributed by atoms with E-state index in [2.05, 4.69) is 5.32 Å². The Bertz CT molecular complexity index is 370. The van der Waals surface area contributed by atoms with E-state index in [1.807, 2.05) is 6.07 Å². The van der Waals surface area contributed by atoms with E-state index in [0.29, 0.717) is 5.75 Å². The number of para-hydroxylation sites is 1. The minimum atomic E-state index is -0.252. The van der Waals surface area contributed by atoms with Crippen LogP contribution in [0.3, 0.4) is 0 Å². The molecule has 3 heteroatoms. The van der Waals surface area contributed by atoms with Crippen molar-refractivity contribution >= 4 is 0 Å². The van der Waals surface area contributed by atoms with Crippen LogP contribution in [0.2, 0.25) is 0 Å². The van der Waals surface area contributed by atoms with E-state index >= 15 is 0 Å². The number of nitrogens with one attached hydrogen (secondary N) is 1. The van der Waals surface area contributed by atoms with Gasteiger partial charge in [-0.2, -0.15) is 0 Å². The molecule has 1 N–H and O–H groups in total. The normalized spacial score (nSPS) is 32.7. The van der Waals surface area contributed by atoms with Gasteiger partial charge in [0.15, 0.2) is 11.6 Å². The van der Waals surface area contributed by atoms with Crippen molar-refractivity contribution in [3.63, 3.8) is 0 Å². The lowest BCUT2D eigenvalue weighted by molar-refractivity contribution is 0.191. The van der Waals surface area contributed by atoms with Crippen molar-refractivity contribution in [2.24, 2.45) is 11.8 Å². The van der Waals surface area contributed by atoms with Crippen LogP contribution in [0.1, 0.15) is 12.8 Å². The predicted molar refractivity (Wildman–Crippen MR) is 59.9 cm³/mol. The third-order valence-electron chi connectivity index (χ3n) is 3.74. The molecule has 16 heavy (non-hydrogen) atoms. The summed E-state index contributed by atoms with van der Waals surface area (Å²) < 4.78 is 19.1. The van der Waals surface area contributed by atoms with E-state index in [1.165, 1.54) is 6.07 Å². The summed E-state index contributed by atoms with van der Waals surface area (Å²) in [5, 5.41) is 3.39. The van der Waals surface area contributed by atoms with Gasteiger partial charge in [-0.15, -0.1) is 0 Å². The molecule has 2 nitrogen and oxygen atoms in total. The molecular formula is C13H16FNO. The Hall–Kier alpha value is -1.09. The Morgan fingerprint density at radius 2 is 1.81 bits per heavy atom. The highest BCUT2D eigenvalue weighted by atomic mass is 19.1. The topological polar surface area (TPSA) is 21.3 Å². The van der Waals surface area contributed by atoms with Gasteiger partial charge < -0.3 is 10.1 Å². The van der Waals surface area contributed by atoms with Gasteiger partial charge >= 0.3 is 0 Å². The number of hydrogen-bond donors (Lipinski definition) is 1. The third-order valence-corrected chi connectivity index (χ3v) is 3.74. The predicted octanol–water partition coefficient (Wildman–Crippen LogP) is 2.20. The van der Waals surface area contributed by atoms with E-state index in [-0.39, 0.29) is 11.9 Å². The molecule has 0 aromatic heterocycles. The molecule has 1 aromatic rings. The minimum absolute atomic E-state index is 0.203. The number of ether oxygens (including phenoxy) is 1. The second-order valence-corrected chi connectivity index (χ2v) is 4.82. The maximum atomic E-state index is 13.4. The molecule has 0 unspecified atom stereocenters. The van der Waals surface area contributed by atoms with Crippen LogP contribution >= 0.6 is 0 Å². The lowest BCUT2D eigenvalue weighted by Crippen LogP contribution is -2.18. The Morgan fingerprint density at radius 1 is 1.12 bits per heavy atom. The van der Waals surface area contributed by atoms with E-state index in [4.69, 9.17) is 4.74 Å². The standard InChI is InChI=1S/C13H16FNO/c14-12-3-1-2-4-13(12)16-11-5-9-7-15-8-10(9)6-11/h1-4,9-11,15H,5-8H2/t9-,10+,11-. The summed E-state index contributed by atoms with van der Waals surface area (Å²) in [6.45, 7) is 2.20. The van der Waals surface area contributed by atoms with Gasteiger partial charge in [-0.25, -0.2) is 4.39 Å². The third kappa shape index (κ3) is 1.80. The summed E-state index contributed by atoms with van der Waals surface area (Å²) in [6.07, 6.45) is 2.33. The van der Waals surface area contributed by atoms with Crippen LogP contribution in [-0.2, 0) is 0 Å². The molecule has 1 aromatic carbocycles. The van der Waals surface area contributed by atoms with Gasteiger partial charge in [-0.05, 0) is 49.9 Å². The van der Waals surface area contributed by atoms with Crippen molar-refractivity contribution < 1.29 is 9.13 Å². The second kappa shape index (κ2) is 4.06. The Morgan fingerprint density at radius 3 is 2.50 bits per heavy atom. The van der Waals surface area contributed by atoms with Crippen LogP contribution in [0.25, 0.3) is 0 Å². The lowest BCUT2D eigenvalue weighted by atomic mass is 10.0. The largest absolute Gasteiger partial charge is 0.487 e. The summed E-state index contributed by atoms with van der Waals surface area (Å²) in [5.41, 5.74) is 0. The number of halogens is 1. The van der Waals surface area contributed by atoms with E-state index in [9.17, 15) is 4.39 Å². The van der Waals surface area contributed by atoms with Crippen LogP contribution in [0.15, 0.2) is 24.3 Å².